The topological polar surface area (TPSA) is 70.6 Å². The Morgan fingerprint density at radius 2 is 1.96 bits per heavy atom. The first-order valence-corrected chi connectivity index (χ1v) is 7.80. The van der Waals surface area contributed by atoms with E-state index in [2.05, 4.69) is 10.6 Å². The Hall–Kier alpha value is -2.11. The van der Waals surface area contributed by atoms with E-state index < -0.39 is 6.10 Å². The Morgan fingerprint density at radius 1 is 1.22 bits per heavy atom. The molecule has 2 aromatic rings. The molecule has 124 valence electrons. The predicted octanol–water partition coefficient (Wildman–Crippen LogP) is 2.60. The third kappa shape index (κ3) is 5.23. The van der Waals surface area contributed by atoms with Crippen molar-refractivity contribution in [1.82, 2.24) is 10.6 Å². The molecule has 0 aliphatic heterocycles. The number of urea groups is 1. The van der Waals surface area contributed by atoms with Crippen LogP contribution in [0.2, 0.25) is 0 Å². The van der Waals surface area contributed by atoms with E-state index in [1.165, 1.54) is 0 Å². The zero-order valence-corrected chi connectivity index (χ0v) is 13.6. The van der Waals surface area contributed by atoms with Crippen molar-refractivity contribution < 1.29 is 14.6 Å². The summed E-state index contributed by atoms with van der Waals surface area (Å²) in [5.74, 6) is 0. The second-order valence-electron chi connectivity index (χ2n) is 5.66. The molecule has 0 aliphatic rings. The molecule has 2 aromatic carbocycles. The fourth-order valence-corrected chi connectivity index (χ4v) is 2.36. The van der Waals surface area contributed by atoms with Crippen LogP contribution in [0.25, 0.3) is 10.8 Å². The van der Waals surface area contributed by atoms with Gasteiger partial charge in [0.05, 0.1) is 6.10 Å². The number of nitrogens with one attached hydrogen (secondary N) is 2. The van der Waals surface area contributed by atoms with Gasteiger partial charge in [0, 0.05) is 26.3 Å². The number of aliphatic hydroxyl groups is 1. The molecule has 0 aliphatic carbocycles. The normalized spacial score (nSPS) is 13.5. The summed E-state index contributed by atoms with van der Waals surface area (Å²) in [5.41, 5.74) is 0.788. The fourth-order valence-electron chi connectivity index (χ4n) is 2.36. The lowest BCUT2D eigenvalue weighted by atomic mass is 10.0. The molecule has 0 heterocycles. The average molecular weight is 316 g/mol. The summed E-state index contributed by atoms with van der Waals surface area (Å²) < 4.78 is 4.97. The van der Waals surface area contributed by atoms with Crippen molar-refractivity contribution in [2.24, 2.45) is 0 Å². The van der Waals surface area contributed by atoms with Gasteiger partial charge in [-0.3, -0.25) is 0 Å². The van der Waals surface area contributed by atoms with Crippen molar-refractivity contribution >= 4 is 16.8 Å². The maximum Gasteiger partial charge on any atom is 0.315 e. The Balaban J connectivity index is 1.85. The average Bonchev–Trinajstić information content (AvgIpc) is 2.57. The minimum Gasteiger partial charge on any atom is -0.387 e. The molecule has 0 unspecified atom stereocenters. The summed E-state index contributed by atoms with van der Waals surface area (Å²) >= 11 is 0. The molecule has 5 heteroatoms. The number of carbonyl (C=O) groups excluding carboxylic acids is 1. The van der Waals surface area contributed by atoms with Crippen LogP contribution >= 0.6 is 0 Å². The van der Waals surface area contributed by atoms with Crippen LogP contribution in [0.15, 0.2) is 42.5 Å². The standard InChI is InChI=1S/C18H24N2O3/c1-13(9-10-23-2)20-18(22)19-12-17(21)16-8-7-14-5-3-4-6-15(14)11-16/h3-8,11,13,17,21H,9-10,12H2,1-2H3,(H2,19,20,22)/t13-,17+/m0/s1. The summed E-state index contributed by atoms with van der Waals surface area (Å²) in [6, 6.07) is 13.5. The number of hydrogen-bond donors (Lipinski definition) is 3. The maximum atomic E-state index is 11.8. The van der Waals surface area contributed by atoms with E-state index in [9.17, 15) is 9.90 Å². The van der Waals surface area contributed by atoms with Crippen LogP contribution in [-0.4, -0.2) is 37.4 Å². The third-order valence-electron chi connectivity index (χ3n) is 3.75. The zero-order valence-electron chi connectivity index (χ0n) is 13.6. The number of rotatable bonds is 7. The smallest absolute Gasteiger partial charge is 0.315 e. The van der Waals surface area contributed by atoms with Gasteiger partial charge in [0.15, 0.2) is 0 Å². The lowest BCUT2D eigenvalue weighted by Gasteiger charge is -2.16. The van der Waals surface area contributed by atoms with Gasteiger partial charge in [0.2, 0.25) is 0 Å². The fraction of sp³-hybridized carbons (Fsp3) is 0.389. The molecule has 0 saturated carbocycles. The molecule has 2 rings (SSSR count). The van der Waals surface area contributed by atoms with Gasteiger partial charge in [-0.05, 0) is 35.7 Å². The highest BCUT2D eigenvalue weighted by Crippen LogP contribution is 2.19. The first kappa shape index (κ1) is 17.2. The molecule has 0 radical (unpaired) electrons. The molecule has 0 saturated heterocycles. The summed E-state index contributed by atoms with van der Waals surface area (Å²) in [6.07, 6.45) is 0.0107. The van der Waals surface area contributed by atoms with E-state index in [1.807, 2.05) is 49.4 Å². The third-order valence-corrected chi connectivity index (χ3v) is 3.75. The number of aliphatic hydroxyl groups excluding tert-OH is 1. The first-order valence-electron chi connectivity index (χ1n) is 7.80. The SMILES string of the molecule is COCC[C@H](C)NC(=O)NC[C@@H](O)c1ccc2ccccc2c1. The second-order valence-corrected chi connectivity index (χ2v) is 5.66. The molecule has 0 aromatic heterocycles. The number of amides is 2. The first-order chi connectivity index (χ1) is 11.1. The predicted molar refractivity (Wildman–Crippen MR) is 91.4 cm³/mol. The van der Waals surface area contributed by atoms with Crippen molar-refractivity contribution in [3.63, 3.8) is 0 Å². The van der Waals surface area contributed by atoms with Gasteiger partial charge in [-0.25, -0.2) is 4.79 Å². The largest absolute Gasteiger partial charge is 0.387 e. The van der Waals surface area contributed by atoms with Crippen LogP contribution in [-0.2, 0) is 4.74 Å². The van der Waals surface area contributed by atoms with Crippen molar-refractivity contribution in [3.05, 3.63) is 48.0 Å². The number of fused-ring (bicyclic) bond motifs is 1. The molecule has 2 amide bonds. The monoisotopic (exact) mass is 316 g/mol. The van der Waals surface area contributed by atoms with Crippen LogP contribution in [0.4, 0.5) is 4.79 Å². The Morgan fingerprint density at radius 3 is 2.70 bits per heavy atom. The summed E-state index contributed by atoms with van der Waals surface area (Å²) in [4.78, 5) is 11.8. The molecule has 3 N–H and O–H groups in total. The van der Waals surface area contributed by atoms with Gasteiger partial charge in [-0.1, -0.05) is 36.4 Å². The van der Waals surface area contributed by atoms with Gasteiger partial charge in [-0.2, -0.15) is 0 Å². The van der Waals surface area contributed by atoms with E-state index in [1.54, 1.807) is 7.11 Å². The Labute approximate surface area is 136 Å². The van der Waals surface area contributed by atoms with E-state index in [-0.39, 0.29) is 18.6 Å². The van der Waals surface area contributed by atoms with Crippen molar-refractivity contribution in [3.8, 4) is 0 Å². The lowest BCUT2D eigenvalue weighted by Crippen LogP contribution is -2.42. The van der Waals surface area contributed by atoms with Gasteiger partial charge < -0.3 is 20.5 Å². The van der Waals surface area contributed by atoms with Crippen LogP contribution < -0.4 is 10.6 Å². The molecular formula is C18H24N2O3. The highest BCUT2D eigenvalue weighted by atomic mass is 16.5. The molecule has 0 bridgehead atoms. The van der Waals surface area contributed by atoms with Gasteiger partial charge in [0.25, 0.3) is 0 Å². The molecule has 0 spiro atoms. The summed E-state index contributed by atoms with van der Waals surface area (Å²) in [7, 11) is 1.63. The van der Waals surface area contributed by atoms with Crippen LogP contribution in [0.3, 0.4) is 0 Å². The quantitative estimate of drug-likeness (QED) is 0.735. The highest BCUT2D eigenvalue weighted by Gasteiger charge is 2.11. The molecule has 23 heavy (non-hydrogen) atoms. The number of hydrogen-bond acceptors (Lipinski definition) is 3. The number of benzene rings is 2. The van der Waals surface area contributed by atoms with Gasteiger partial charge in [-0.15, -0.1) is 0 Å². The highest BCUT2D eigenvalue weighted by molar-refractivity contribution is 5.83. The summed E-state index contributed by atoms with van der Waals surface area (Å²) in [5, 5.41) is 17.9. The maximum absolute atomic E-state index is 11.8. The van der Waals surface area contributed by atoms with E-state index in [0.717, 1.165) is 22.8 Å². The van der Waals surface area contributed by atoms with Crippen molar-refractivity contribution in [2.45, 2.75) is 25.5 Å². The van der Waals surface area contributed by atoms with Gasteiger partial charge in [0.1, 0.15) is 0 Å². The Bertz CT molecular complexity index is 645. The summed E-state index contributed by atoms with van der Waals surface area (Å²) in [6.45, 7) is 2.68. The van der Waals surface area contributed by atoms with Crippen molar-refractivity contribution in [2.75, 3.05) is 20.3 Å². The van der Waals surface area contributed by atoms with Crippen LogP contribution in [0, 0.1) is 0 Å². The number of ether oxygens (including phenoxy) is 1. The number of carbonyl (C=O) groups is 1. The molecule has 5 nitrogen and oxygen atoms in total. The minimum absolute atomic E-state index is 0.0211. The molecule has 0 fully saturated rings. The van der Waals surface area contributed by atoms with E-state index in [0.29, 0.717) is 6.61 Å². The van der Waals surface area contributed by atoms with Crippen LogP contribution in [0.5, 0.6) is 0 Å². The van der Waals surface area contributed by atoms with Crippen LogP contribution in [0.1, 0.15) is 25.0 Å². The molecular weight excluding hydrogens is 292 g/mol. The zero-order chi connectivity index (χ0) is 16.7. The molecule has 2 atom stereocenters. The van der Waals surface area contributed by atoms with E-state index in [4.69, 9.17) is 4.74 Å². The minimum atomic E-state index is -0.736. The van der Waals surface area contributed by atoms with Crippen molar-refractivity contribution in [1.29, 1.82) is 0 Å². The number of methoxy groups -OCH3 is 1. The lowest BCUT2D eigenvalue weighted by molar-refractivity contribution is 0.170. The second kappa shape index (κ2) is 8.50. The Kier molecular flexibility index (Phi) is 6.38. The van der Waals surface area contributed by atoms with Gasteiger partial charge >= 0.3 is 6.03 Å². The van der Waals surface area contributed by atoms with E-state index >= 15 is 0 Å².